The van der Waals surface area contributed by atoms with E-state index in [0.717, 1.165) is 5.56 Å². The summed E-state index contributed by atoms with van der Waals surface area (Å²) in [5, 5.41) is 2.91. The van der Waals surface area contributed by atoms with Crippen LogP contribution in [0.2, 0.25) is 5.22 Å². The van der Waals surface area contributed by atoms with Crippen LogP contribution in [0.4, 0.5) is 0 Å². The largest absolute Gasteiger partial charge is 0.493 e. The lowest BCUT2D eigenvalue weighted by atomic mass is 10.2. The van der Waals surface area contributed by atoms with Gasteiger partial charge in [-0.05, 0) is 41.4 Å². The van der Waals surface area contributed by atoms with Crippen LogP contribution in [0.1, 0.15) is 16.1 Å². The predicted molar refractivity (Wildman–Crippen MR) is 74.4 cm³/mol. The molecule has 1 heterocycles. The third-order valence-corrected chi connectivity index (χ3v) is 2.90. The van der Waals surface area contributed by atoms with Crippen molar-refractivity contribution in [3.05, 3.63) is 46.9 Å². The van der Waals surface area contributed by atoms with Gasteiger partial charge in [0.05, 0.1) is 14.2 Å². The number of halogens is 1. The SMILES string of the molecule is COc1ccc(CNC(=O)c2ccc(Cl)o2)cc1OC. The molecule has 106 valence electrons. The molecule has 0 atom stereocenters. The number of hydrogen-bond donors (Lipinski definition) is 1. The van der Waals surface area contributed by atoms with Gasteiger partial charge in [-0.1, -0.05) is 6.07 Å². The third kappa shape index (κ3) is 3.24. The number of hydrogen-bond acceptors (Lipinski definition) is 4. The lowest BCUT2D eigenvalue weighted by Gasteiger charge is -2.09. The van der Waals surface area contributed by atoms with Gasteiger partial charge in [0.15, 0.2) is 22.5 Å². The minimum atomic E-state index is -0.327. The van der Waals surface area contributed by atoms with Gasteiger partial charge in [-0.3, -0.25) is 4.79 Å². The Kier molecular flexibility index (Phi) is 4.53. The van der Waals surface area contributed by atoms with Gasteiger partial charge in [0.1, 0.15) is 0 Å². The summed E-state index contributed by atoms with van der Waals surface area (Å²) in [4.78, 5) is 11.8. The van der Waals surface area contributed by atoms with Gasteiger partial charge in [0.25, 0.3) is 5.91 Å². The standard InChI is InChI=1S/C14H14ClNO4/c1-18-10-4-3-9(7-12(10)19-2)8-16-14(17)11-5-6-13(15)20-11/h3-7H,8H2,1-2H3,(H,16,17). The van der Waals surface area contributed by atoms with E-state index in [-0.39, 0.29) is 16.9 Å². The van der Waals surface area contributed by atoms with Gasteiger partial charge < -0.3 is 19.2 Å². The van der Waals surface area contributed by atoms with E-state index in [1.54, 1.807) is 26.4 Å². The summed E-state index contributed by atoms with van der Waals surface area (Å²) in [5.41, 5.74) is 0.883. The number of carbonyl (C=O) groups is 1. The van der Waals surface area contributed by atoms with Crippen LogP contribution >= 0.6 is 11.6 Å². The fourth-order valence-corrected chi connectivity index (χ4v) is 1.84. The molecule has 6 heteroatoms. The number of rotatable bonds is 5. The van der Waals surface area contributed by atoms with E-state index in [2.05, 4.69) is 5.32 Å². The third-order valence-electron chi connectivity index (χ3n) is 2.70. The van der Waals surface area contributed by atoms with Crippen molar-refractivity contribution in [1.82, 2.24) is 5.32 Å². The van der Waals surface area contributed by atoms with E-state index < -0.39 is 0 Å². The molecule has 0 saturated carbocycles. The number of amides is 1. The normalized spacial score (nSPS) is 10.2. The van der Waals surface area contributed by atoms with E-state index in [1.807, 2.05) is 6.07 Å². The predicted octanol–water partition coefficient (Wildman–Crippen LogP) is 2.88. The van der Waals surface area contributed by atoms with Crippen LogP contribution in [0.25, 0.3) is 0 Å². The molecule has 0 bridgehead atoms. The summed E-state index contributed by atoms with van der Waals surface area (Å²) in [6, 6.07) is 8.47. The number of benzene rings is 1. The number of ether oxygens (including phenoxy) is 2. The molecule has 1 aromatic heterocycles. The summed E-state index contributed by atoms with van der Waals surface area (Å²) < 4.78 is 15.4. The second-order valence-corrected chi connectivity index (χ2v) is 4.35. The van der Waals surface area contributed by atoms with Crippen molar-refractivity contribution in [2.75, 3.05) is 14.2 Å². The quantitative estimate of drug-likeness (QED) is 0.921. The Morgan fingerprint density at radius 1 is 1.20 bits per heavy atom. The number of nitrogens with one attached hydrogen (secondary N) is 1. The van der Waals surface area contributed by atoms with Crippen LogP contribution in [0.3, 0.4) is 0 Å². The Hall–Kier alpha value is -2.14. The molecule has 2 rings (SSSR count). The van der Waals surface area contributed by atoms with Crippen molar-refractivity contribution >= 4 is 17.5 Å². The maximum Gasteiger partial charge on any atom is 0.287 e. The zero-order valence-corrected chi connectivity index (χ0v) is 11.9. The monoisotopic (exact) mass is 295 g/mol. The second kappa shape index (κ2) is 6.34. The molecule has 5 nitrogen and oxygen atoms in total. The highest BCUT2D eigenvalue weighted by molar-refractivity contribution is 6.29. The first-order chi connectivity index (χ1) is 9.63. The number of carbonyl (C=O) groups excluding carboxylic acids is 1. The van der Waals surface area contributed by atoms with Crippen LogP contribution in [-0.2, 0) is 6.54 Å². The Morgan fingerprint density at radius 2 is 1.95 bits per heavy atom. The molecular formula is C14H14ClNO4. The maximum atomic E-state index is 11.8. The van der Waals surface area contributed by atoms with E-state index in [9.17, 15) is 4.79 Å². The van der Waals surface area contributed by atoms with Crippen LogP contribution in [-0.4, -0.2) is 20.1 Å². The lowest BCUT2D eigenvalue weighted by Crippen LogP contribution is -2.22. The van der Waals surface area contributed by atoms with Crippen molar-refractivity contribution in [2.45, 2.75) is 6.54 Å². The number of methoxy groups -OCH3 is 2. The molecule has 0 aliphatic rings. The first-order valence-electron chi connectivity index (χ1n) is 5.88. The van der Waals surface area contributed by atoms with Gasteiger partial charge in [0, 0.05) is 6.54 Å². The van der Waals surface area contributed by atoms with E-state index in [0.29, 0.717) is 18.0 Å². The molecule has 0 aliphatic carbocycles. The van der Waals surface area contributed by atoms with E-state index in [4.69, 9.17) is 25.5 Å². The molecule has 0 spiro atoms. The Labute approximate surface area is 121 Å². The van der Waals surface area contributed by atoms with Gasteiger partial charge >= 0.3 is 0 Å². The minimum absolute atomic E-state index is 0.176. The van der Waals surface area contributed by atoms with Crippen molar-refractivity contribution < 1.29 is 18.7 Å². The highest BCUT2D eigenvalue weighted by atomic mass is 35.5. The Bertz CT molecular complexity index is 609. The summed E-state index contributed by atoms with van der Waals surface area (Å²) in [6.07, 6.45) is 0. The summed E-state index contributed by atoms with van der Waals surface area (Å²) in [7, 11) is 3.13. The molecule has 2 aromatic rings. The molecular weight excluding hydrogens is 282 g/mol. The second-order valence-electron chi connectivity index (χ2n) is 3.98. The van der Waals surface area contributed by atoms with Gasteiger partial charge in [0.2, 0.25) is 0 Å². The highest BCUT2D eigenvalue weighted by Crippen LogP contribution is 2.27. The Balaban J connectivity index is 2.02. The van der Waals surface area contributed by atoms with Crippen molar-refractivity contribution in [3.8, 4) is 11.5 Å². The van der Waals surface area contributed by atoms with Crippen LogP contribution < -0.4 is 14.8 Å². The smallest absolute Gasteiger partial charge is 0.287 e. The van der Waals surface area contributed by atoms with Crippen molar-refractivity contribution in [2.24, 2.45) is 0 Å². The maximum absolute atomic E-state index is 11.8. The number of furan rings is 1. The van der Waals surface area contributed by atoms with Crippen LogP contribution in [0.15, 0.2) is 34.7 Å². The average molecular weight is 296 g/mol. The van der Waals surface area contributed by atoms with Gasteiger partial charge in [-0.15, -0.1) is 0 Å². The first-order valence-corrected chi connectivity index (χ1v) is 6.26. The molecule has 0 unspecified atom stereocenters. The molecule has 0 fully saturated rings. The van der Waals surface area contributed by atoms with Crippen molar-refractivity contribution in [3.63, 3.8) is 0 Å². The molecule has 0 saturated heterocycles. The molecule has 20 heavy (non-hydrogen) atoms. The van der Waals surface area contributed by atoms with Crippen LogP contribution in [0, 0.1) is 0 Å². The molecule has 0 aliphatic heterocycles. The summed E-state index contributed by atoms with van der Waals surface area (Å²) in [6.45, 7) is 0.345. The van der Waals surface area contributed by atoms with Gasteiger partial charge in [-0.2, -0.15) is 0 Å². The average Bonchev–Trinajstić information content (AvgIpc) is 2.91. The Morgan fingerprint density at radius 3 is 2.55 bits per heavy atom. The molecule has 0 radical (unpaired) electrons. The lowest BCUT2D eigenvalue weighted by molar-refractivity contribution is 0.0923. The summed E-state index contributed by atoms with van der Waals surface area (Å²) in [5.74, 6) is 1.10. The fraction of sp³-hybridized carbons (Fsp3) is 0.214. The molecule has 1 amide bonds. The zero-order valence-electron chi connectivity index (χ0n) is 11.1. The molecule has 1 N–H and O–H groups in total. The first kappa shape index (κ1) is 14.3. The van der Waals surface area contributed by atoms with Gasteiger partial charge in [-0.25, -0.2) is 0 Å². The topological polar surface area (TPSA) is 60.7 Å². The minimum Gasteiger partial charge on any atom is -0.493 e. The zero-order chi connectivity index (χ0) is 14.5. The van der Waals surface area contributed by atoms with Crippen molar-refractivity contribution in [1.29, 1.82) is 0 Å². The van der Waals surface area contributed by atoms with Crippen LogP contribution in [0.5, 0.6) is 11.5 Å². The summed E-state index contributed by atoms with van der Waals surface area (Å²) >= 11 is 5.62. The van der Waals surface area contributed by atoms with E-state index in [1.165, 1.54) is 12.1 Å². The van der Waals surface area contributed by atoms with E-state index >= 15 is 0 Å². The molecule has 1 aromatic carbocycles. The fourth-order valence-electron chi connectivity index (χ4n) is 1.70. The highest BCUT2D eigenvalue weighted by Gasteiger charge is 2.11.